The molecule has 0 bridgehead atoms. The van der Waals surface area contributed by atoms with Crippen LogP contribution in [-0.4, -0.2) is 0 Å². The van der Waals surface area contributed by atoms with Crippen LogP contribution in [0, 0.1) is 24.5 Å². The van der Waals surface area contributed by atoms with Gasteiger partial charge in [-0.1, -0.05) is 19.3 Å². The number of benzene rings is 1. The molecule has 1 aliphatic carbocycles. The molecule has 100 valence electrons. The Balaban J connectivity index is 2.28. The van der Waals surface area contributed by atoms with Gasteiger partial charge >= 0.3 is 0 Å². The minimum atomic E-state index is -0.508. The van der Waals surface area contributed by atoms with Gasteiger partial charge in [0.1, 0.15) is 11.6 Å². The molecule has 1 fully saturated rings. The third-order valence-electron chi connectivity index (χ3n) is 3.91. The first-order valence-corrected chi connectivity index (χ1v) is 6.55. The van der Waals surface area contributed by atoms with E-state index in [1.165, 1.54) is 6.42 Å². The molecule has 1 saturated carbocycles. The molecule has 0 amide bonds. The maximum absolute atomic E-state index is 13.9. The number of rotatable bonds is 3. The molecule has 0 heterocycles. The molecule has 2 nitrogen and oxygen atoms in total. The van der Waals surface area contributed by atoms with E-state index in [9.17, 15) is 8.78 Å². The summed E-state index contributed by atoms with van der Waals surface area (Å²) in [4.78, 5) is 0. The van der Waals surface area contributed by atoms with Crippen LogP contribution >= 0.6 is 0 Å². The van der Waals surface area contributed by atoms with Crippen LogP contribution in [0.3, 0.4) is 0 Å². The van der Waals surface area contributed by atoms with E-state index < -0.39 is 11.6 Å². The Morgan fingerprint density at radius 2 is 1.83 bits per heavy atom. The van der Waals surface area contributed by atoms with Crippen LogP contribution in [0.4, 0.5) is 8.78 Å². The molecule has 3 N–H and O–H groups in total. The van der Waals surface area contributed by atoms with Gasteiger partial charge in [0.05, 0.1) is 6.04 Å². The van der Waals surface area contributed by atoms with Gasteiger partial charge in [0.25, 0.3) is 0 Å². The first kappa shape index (κ1) is 13.4. The van der Waals surface area contributed by atoms with Crippen molar-refractivity contribution in [2.24, 2.45) is 11.8 Å². The lowest BCUT2D eigenvalue weighted by Gasteiger charge is -2.30. The highest BCUT2D eigenvalue weighted by molar-refractivity contribution is 5.28. The molecule has 0 aromatic heterocycles. The first-order valence-electron chi connectivity index (χ1n) is 6.55. The lowest BCUT2D eigenvalue weighted by molar-refractivity contribution is 0.268. The number of nitrogens with two attached hydrogens (primary N) is 1. The van der Waals surface area contributed by atoms with Gasteiger partial charge in [0.2, 0.25) is 0 Å². The zero-order valence-corrected chi connectivity index (χ0v) is 10.7. The Labute approximate surface area is 107 Å². The molecular formula is C14H20F2N2. The second kappa shape index (κ2) is 5.76. The van der Waals surface area contributed by atoms with Gasteiger partial charge in [-0.2, -0.15) is 0 Å². The molecule has 1 unspecified atom stereocenters. The van der Waals surface area contributed by atoms with Crippen molar-refractivity contribution < 1.29 is 8.78 Å². The summed E-state index contributed by atoms with van der Waals surface area (Å²) in [5, 5.41) is 0. The van der Waals surface area contributed by atoms with Crippen LogP contribution < -0.4 is 11.3 Å². The molecule has 2 rings (SSSR count). The topological polar surface area (TPSA) is 38.0 Å². The first-order chi connectivity index (χ1) is 8.63. The molecule has 1 aromatic carbocycles. The molecule has 4 heteroatoms. The monoisotopic (exact) mass is 254 g/mol. The molecular weight excluding hydrogens is 234 g/mol. The van der Waals surface area contributed by atoms with Gasteiger partial charge in [-0.15, -0.1) is 0 Å². The van der Waals surface area contributed by atoms with Gasteiger partial charge in [0, 0.05) is 11.6 Å². The van der Waals surface area contributed by atoms with Crippen LogP contribution in [0.5, 0.6) is 0 Å². The number of hydrazine groups is 1. The lowest BCUT2D eigenvalue weighted by Crippen LogP contribution is -2.35. The van der Waals surface area contributed by atoms with Crippen molar-refractivity contribution in [3.63, 3.8) is 0 Å². The summed E-state index contributed by atoms with van der Waals surface area (Å²) in [6, 6.07) is 2.31. The second-order valence-corrected chi connectivity index (χ2v) is 5.17. The summed E-state index contributed by atoms with van der Waals surface area (Å²) in [6.45, 7) is 1.65. The summed E-state index contributed by atoms with van der Waals surface area (Å²) in [7, 11) is 0. The Kier molecular flexibility index (Phi) is 4.30. The van der Waals surface area contributed by atoms with Crippen LogP contribution in [-0.2, 0) is 0 Å². The maximum atomic E-state index is 13.9. The molecule has 0 aliphatic heterocycles. The molecule has 0 radical (unpaired) electrons. The van der Waals surface area contributed by atoms with E-state index in [1.807, 2.05) is 0 Å². The smallest absolute Gasteiger partial charge is 0.130 e. The molecule has 1 atom stereocenters. The van der Waals surface area contributed by atoms with Crippen LogP contribution in [0.15, 0.2) is 12.1 Å². The predicted octanol–water partition coefficient (Wildman–Crippen LogP) is 3.36. The summed E-state index contributed by atoms with van der Waals surface area (Å²) in [5.41, 5.74) is 3.66. The van der Waals surface area contributed by atoms with Gasteiger partial charge in [-0.25, -0.2) is 8.78 Å². The minimum Gasteiger partial charge on any atom is -0.271 e. The van der Waals surface area contributed by atoms with Crippen molar-refractivity contribution in [1.29, 1.82) is 0 Å². The second-order valence-electron chi connectivity index (χ2n) is 5.17. The fourth-order valence-electron chi connectivity index (χ4n) is 2.87. The van der Waals surface area contributed by atoms with E-state index in [0.29, 0.717) is 17.0 Å². The third-order valence-corrected chi connectivity index (χ3v) is 3.91. The highest BCUT2D eigenvalue weighted by Gasteiger charge is 2.26. The summed E-state index contributed by atoms with van der Waals surface area (Å²) in [5.74, 6) is 4.91. The largest absolute Gasteiger partial charge is 0.271 e. The van der Waals surface area contributed by atoms with Crippen LogP contribution in [0.2, 0.25) is 0 Å². The quantitative estimate of drug-likeness (QED) is 0.641. The standard InChI is InChI=1S/C14H20F2N2/c1-9-7-11(13(16)8-12(9)15)14(18-17)10-5-3-2-4-6-10/h7-8,10,14,18H,2-6,17H2,1H3. The normalized spacial score (nSPS) is 18.9. The van der Waals surface area contributed by atoms with E-state index in [0.717, 1.165) is 31.7 Å². The maximum Gasteiger partial charge on any atom is 0.130 e. The summed E-state index contributed by atoms with van der Waals surface area (Å²) < 4.78 is 27.2. The number of nitrogens with one attached hydrogen (secondary N) is 1. The fourth-order valence-corrected chi connectivity index (χ4v) is 2.87. The van der Waals surface area contributed by atoms with Crippen molar-refractivity contribution in [2.75, 3.05) is 0 Å². The van der Waals surface area contributed by atoms with Crippen molar-refractivity contribution in [1.82, 2.24) is 5.43 Å². The van der Waals surface area contributed by atoms with E-state index in [4.69, 9.17) is 5.84 Å². The third kappa shape index (κ3) is 2.70. The highest BCUT2D eigenvalue weighted by Crippen LogP contribution is 2.35. The van der Waals surface area contributed by atoms with Crippen molar-refractivity contribution >= 4 is 0 Å². The number of hydrogen-bond donors (Lipinski definition) is 2. The Morgan fingerprint density at radius 3 is 2.44 bits per heavy atom. The van der Waals surface area contributed by atoms with E-state index in [-0.39, 0.29) is 6.04 Å². The number of aryl methyl sites for hydroxylation is 1. The minimum absolute atomic E-state index is 0.218. The van der Waals surface area contributed by atoms with E-state index in [2.05, 4.69) is 5.43 Å². The van der Waals surface area contributed by atoms with Crippen molar-refractivity contribution in [2.45, 2.75) is 45.1 Å². The fraction of sp³-hybridized carbons (Fsp3) is 0.571. The van der Waals surface area contributed by atoms with Gasteiger partial charge in [-0.05, 0) is 37.3 Å². The molecule has 0 spiro atoms. The molecule has 0 saturated heterocycles. The van der Waals surface area contributed by atoms with Crippen molar-refractivity contribution in [3.8, 4) is 0 Å². The van der Waals surface area contributed by atoms with Crippen LogP contribution in [0.25, 0.3) is 0 Å². The molecule has 1 aromatic rings. The average molecular weight is 254 g/mol. The average Bonchev–Trinajstić information content (AvgIpc) is 2.38. The number of hydrogen-bond acceptors (Lipinski definition) is 2. The van der Waals surface area contributed by atoms with Gasteiger partial charge < -0.3 is 0 Å². The van der Waals surface area contributed by atoms with Gasteiger partial charge in [-0.3, -0.25) is 11.3 Å². The van der Waals surface area contributed by atoms with Gasteiger partial charge in [0.15, 0.2) is 0 Å². The predicted molar refractivity (Wildman–Crippen MR) is 67.7 cm³/mol. The zero-order valence-electron chi connectivity index (χ0n) is 10.7. The van der Waals surface area contributed by atoms with Crippen LogP contribution in [0.1, 0.15) is 49.3 Å². The van der Waals surface area contributed by atoms with E-state index in [1.54, 1.807) is 13.0 Å². The summed E-state index contributed by atoms with van der Waals surface area (Å²) >= 11 is 0. The van der Waals surface area contributed by atoms with E-state index >= 15 is 0 Å². The highest BCUT2D eigenvalue weighted by atomic mass is 19.1. The number of halogens is 2. The summed E-state index contributed by atoms with van der Waals surface area (Å²) in [6.07, 6.45) is 5.64. The Hall–Kier alpha value is -1.00. The SMILES string of the molecule is Cc1cc(C(NN)C2CCCCC2)c(F)cc1F. The lowest BCUT2D eigenvalue weighted by atomic mass is 9.81. The van der Waals surface area contributed by atoms with Crippen molar-refractivity contribution in [3.05, 3.63) is 34.9 Å². The molecule has 1 aliphatic rings. The Bertz CT molecular complexity index is 415. The zero-order chi connectivity index (χ0) is 13.1. The molecule has 18 heavy (non-hydrogen) atoms. The Morgan fingerprint density at radius 1 is 1.17 bits per heavy atom.